The molecule has 0 saturated heterocycles. The standard InChI is InChI=1S/C13H25NO2/c1-2-3-4-5-6-7-8-9-11-15-13-14-10-12-16-13/h2-12H2,1H3. The van der Waals surface area contributed by atoms with Gasteiger partial charge >= 0.3 is 6.08 Å². The normalized spacial score (nSPS) is 14.7. The van der Waals surface area contributed by atoms with Crippen LogP contribution in [0.2, 0.25) is 0 Å². The fourth-order valence-electron chi connectivity index (χ4n) is 1.80. The van der Waals surface area contributed by atoms with Crippen molar-refractivity contribution in [1.82, 2.24) is 0 Å². The third kappa shape index (κ3) is 6.70. The third-order valence-electron chi connectivity index (χ3n) is 2.78. The Morgan fingerprint density at radius 3 is 2.38 bits per heavy atom. The fraction of sp³-hybridized carbons (Fsp3) is 0.923. The molecule has 0 unspecified atom stereocenters. The lowest BCUT2D eigenvalue weighted by atomic mass is 10.1. The molecule has 0 bridgehead atoms. The van der Waals surface area contributed by atoms with Crippen molar-refractivity contribution in [3.05, 3.63) is 0 Å². The second kappa shape index (κ2) is 9.49. The monoisotopic (exact) mass is 227 g/mol. The van der Waals surface area contributed by atoms with E-state index >= 15 is 0 Å². The van der Waals surface area contributed by atoms with E-state index in [4.69, 9.17) is 9.47 Å². The van der Waals surface area contributed by atoms with Crippen molar-refractivity contribution < 1.29 is 9.47 Å². The summed E-state index contributed by atoms with van der Waals surface area (Å²) in [7, 11) is 0. The summed E-state index contributed by atoms with van der Waals surface area (Å²) in [6.45, 7) is 4.46. The Morgan fingerprint density at radius 1 is 1.06 bits per heavy atom. The maximum atomic E-state index is 5.38. The van der Waals surface area contributed by atoms with Crippen molar-refractivity contribution in [2.75, 3.05) is 19.8 Å². The number of hydrogen-bond acceptors (Lipinski definition) is 3. The van der Waals surface area contributed by atoms with Crippen molar-refractivity contribution in [3.8, 4) is 0 Å². The van der Waals surface area contributed by atoms with Crippen LogP contribution in [0.1, 0.15) is 58.3 Å². The van der Waals surface area contributed by atoms with Crippen LogP contribution in [0, 0.1) is 0 Å². The van der Waals surface area contributed by atoms with Crippen molar-refractivity contribution >= 4 is 6.08 Å². The lowest BCUT2D eigenvalue weighted by Gasteiger charge is -2.04. The number of hydrogen-bond donors (Lipinski definition) is 0. The zero-order valence-electron chi connectivity index (χ0n) is 10.5. The first kappa shape index (κ1) is 13.3. The van der Waals surface area contributed by atoms with E-state index in [1.54, 1.807) is 0 Å². The number of nitrogens with zero attached hydrogens (tertiary/aromatic N) is 1. The first-order chi connectivity index (χ1) is 7.93. The van der Waals surface area contributed by atoms with Crippen molar-refractivity contribution in [2.24, 2.45) is 4.99 Å². The topological polar surface area (TPSA) is 30.8 Å². The molecule has 0 aliphatic carbocycles. The van der Waals surface area contributed by atoms with Crippen LogP contribution >= 0.6 is 0 Å². The average Bonchev–Trinajstić information content (AvgIpc) is 2.80. The first-order valence-corrected chi connectivity index (χ1v) is 6.73. The van der Waals surface area contributed by atoms with Gasteiger partial charge in [0.25, 0.3) is 0 Å². The maximum absolute atomic E-state index is 5.38. The Bertz CT molecular complexity index is 192. The van der Waals surface area contributed by atoms with Crippen LogP contribution < -0.4 is 0 Å². The molecule has 0 amide bonds. The largest absolute Gasteiger partial charge is 0.451 e. The van der Waals surface area contributed by atoms with E-state index in [0.29, 0.717) is 12.7 Å². The van der Waals surface area contributed by atoms with Gasteiger partial charge in [-0.05, 0) is 6.42 Å². The number of ether oxygens (including phenoxy) is 2. The van der Waals surface area contributed by atoms with E-state index in [2.05, 4.69) is 11.9 Å². The maximum Gasteiger partial charge on any atom is 0.383 e. The highest BCUT2D eigenvalue weighted by atomic mass is 16.7. The van der Waals surface area contributed by atoms with Gasteiger partial charge in [-0.1, -0.05) is 51.9 Å². The van der Waals surface area contributed by atoms with Crippen LogP contribution in [0.5, 0.6) is 0 Å². The minimum absolute atomic E-state index is 0.503. The molecule has 1 aliphatic heterocycles. The lowest BCUT2D eigenvalue weighted by Crippen LogP contribution is -2.06. The molecule has 0 aromatic carbocycles. The second-order valence-corrected chi connectivity index (χ2v) is 4.32. The summed E-state index contributed by atoms with van der Waals surface area (Å²) in [5.41, 5.74) is 0. The molecule has 94 valence electrons. The van der Waals surface area contributed by atoms with Crippen LogP contribution in [-0.2, 0) is 9.47 Å². The molecule has 3 nitrogen and oxygen atoms in total. The summed E-state index contributed by atoms with van der Waals surface area (Å²) in [4.78, 5) is 4.08. The number of unbranched alkanes of at least 4 members (excludes halogenated alkanes) is 7. The number of aliphatic imine (C=N–C) groups is 1. The lowest BCUT2D eigenvalue weighted by molar-refractivity contribution is 0.185. The molecule has 0 spiro atoms. The highest BCUT2D eigenvalue weighted by Crippen LogP contribution is 2.08. The molecule has 0 fully saturated rings. The highest BCUT2D eigenvalue weighted by molar-refractivity contribution is 5.68. The summed E-state index contributed by atoms with van der Waals surface area (Å²) >= 11 is 0. The smallest absolute Gasteiger partial charge is 0.383 e. The van der Waals surface area contributed by atoms with Gasteiger partial charge < -0.3 is 9.47 Å². The molecule has 0 aromatic rings. The Labute approximate surface area is 99.2 Å². The first-order valence-electron chi connectivity index (χ1n) is 6.73. The molecule has 3 heteroatoms. The molecule has 0 radical (unpaired) electrons. The van der Waals surface area contributed by atoms with Crippen LogP contribution in [0.25, 0.3) is 0 Å². The Kier molecular flexibility index (Phi) is 7.91. The predicted molar refractivity (Wildman–Crippen MR) is 66.8 cm³/mol. The molecule has 1 aliphatic rings. The zero-order chi connectivity index (χ0) is 11.5. The highest BCUT2D eigenvalue weighted by Gasteiger charge is 2.07. The van der Waals surface area contributed by atoms with Crippen LogP contribution in [0.4, 0.5) is 0 Å². The molecule has 0 saturated carbocycles. The molecular weight excluding hydrogens is 202 g/mol. The minimum atomic E-state index is 0.503. The van der Waals surface area contributed by atoms with E-state index in [1.807, 2.05) is 0 Å². The molecule has 0 atom stereocenters. The summed E-state index contributed by atoms with van der Waals surface area (Å²) in [6.07, 6.45) is 11.1. The van der Waals surface area contributed by atoms with Crippen molar-refractivity contribution in [3.63, 3.8) is 0 Å². The quantitative estimate of drug-likeness (QED) is 0.564. The predicted octanol–water partition coefficient (Wildman–Crippen LogP) is 3.53. The Balaban J connectivity index is 1.74. The summed E-state index contributed by atoms with van der Waals surface area (Å²) < 4.78 is 10.5. The van der Waals surface area contributed by atoms with Gasteiger partial charge in [0.1, 0.15) is 6.61 Å². The fourth-order valence-corrected chi connectivity index (χ4v) is 1.80. The molecule has 16 heavy (non-hydrogen) atoms. The van der Waals surface area contributed by atoms with E-state index in [9.17, 15) is 0 Å². The second-order valence-electron chi connectivity index (χ2n) is 4.32. The van der Waals surface area contributed by atoms with E-state index in [-0.39, 0.29) is 0 Å². The minimum Gasteiger partial charge on any atom is -0.451 e. The molecular formula is C13H25NO2. The molecule has 0 N–H and O–H groups in total. The Morgan fingerprint density at radius 2 is 1.75 bits per heavy atom. The van der Waals surface area contributed by atoms with E-state index < -0.39 is 0 Å². The van der Waals surface area contributed by atoms with Crippen LogP contribution in [-0.4, -0.2) is 25.8 Å². The van der Waals surface area contributed by atoms with E-state index in [0.717, 1.165) is 19.6 Å². The molecule has 0 aromatic heterocycles. The Hall–Kier alpha value is -0.730. The zero-order valence-corrected chi connectivity index (χ0v) is 10.5. The van der Waals surface area contributed by atoms with Gasteiger partial charge in [0.05, 0.1) is 13.2 Å². The van der Waals surface area contributed by atoms with Gasteiger partial charge in [0, 0.05) is 0 Å². The van der Waals surface area contributed by atoms with E-state index in [1.165, 1.54) is 44.9 Å². The van der Waals surface area contributed by atoms with Gasteiger partial charge in [-0.3, -0.25) is 0 Å². The van der Waals surface area contributed by atoms with Crippen molar-refractivity contribution in [2.45, 2.75) is 58.3 Å². The summed E-state index contributed by atoms with van der Waals surface area (Å²) in [6, 6.07) is 0. The van der Waals surface area contributed by atoms with Crippen LogP contribution in [0.3, 0.4) is 0 Å². The average molecular weight is 227 g/mol. The molecule has 1 rings (SSSR count). The van der Waals surface area contributed by atoms with Crippen molar-refractivity contribution in [1.29, 1.82) is 0 Å². The third-order valence-corrected chi connectivity index (χ3v) is 2.78. The SMILES string of the molecule is CCCCCCCCCCOC1=NCCO1. The van der Waals surface area contributed by atoms with Gasteiger partial charge in [0.15, 0.2) is 0 Å². The van der Waals surface area contributed by atoms with Gasteiger partial charge in [0.2, 0.25) is 0 Å². The summed E-state index contributed by atoms with van der Waals surface area (Å²) in [5.74, 6) is 0. The van der Waals surface area contributed by atoms with Crippen LogP contribution in [0.15, 0.2) is 4.99 Å². The summed E-state index contributed by atoms with van der Waals surface area (Å²) in [5, 5.41) is 0. The van der Waals surface area contributed by atoms with Gasteiger partial charge in [-0.15, -0.1) is 0 Å². The molecule has 1 heterocycles. The number of rotatable bonds is 9. The van der Waals surface area contributed by atoms with Gasteiger partial charge in [-0.2, -0.15) is 0 Å². The van der Waals surface area contributed by atoms with Gasteiger partial charge in [-0.25, -0.2) is 4.99 Å².